The van der Waals surface area contributed by atoms with E-state index in [-0.39, 0.29) is 18.4 Å². The lowest BCUT2D eigenvalue weighted by Gasteiger charge is -2.32. The predicted molar refractivity (Wildman–Crippen MR) is 74.0 cm³/mol. The number of piperazine rings is 1. The Morgan fingerprint density at radius 1 is 1.42 bits per heavy atom. The summed E-state index contributed by atoms with van der Waals surface area (Å²) in [6, 6.07) is -0.00342. The van der Waals surface area contributed by atoms with E-state index >= 15 is 0 Å². The summed E-state index contributed by atoms with van der Waals surface area (Å²) in [4.78, 5) is 4.22. The van der Waals surface area contributed by atoms with Crippen molar-refractivity contribution >= 4 is 22.4 Å². The first-order valence-corrected chi connectivity index (χ1v) is 7.81. The van der Waals surface area contributed by atoms with E-state index in [1.807, 2.05) is 11.5 Å². The van der Waals surface area contributed by atoms with Crippen molar-refractivity contribution in [3.8, 4) is 0 Å². The Labute approximate surface area is 119 Å². The third-order valence-corrected chi connectivity index (χ3v) is 5.71. The second-order valence-electron chi connectivity index (χ2n) is 4.94. The van der Waals surface area contributed by atoms with Gasteiger partial charge in [-0.25, -0.2) is 13.4 Å². The van der Waals surface area contributed by atoms with Crippen LogP contribution < -0.4 is 5.32 Å². The maximum atomic E-state index is 12.7. The number of halogens is 1. The quantitative estimate of drug-likeness (QED) is 0.849. The molecule has 2 aliphatic rings. The van der Waals surface area contributed by atoms with Crippen LogP contribution in [0.2, 0.25) is 0 Å². The number of hydrogen-bond donors (Lipinski definition) is 1. The number of nitrogens with zero attached hydrogens (tertiary/aromatic N) is 3. The second-order valence-corrected chi connectivity index (χ2v) is 6.77. The van der Waals surface area contributed by atoms with E-state index in [9.17, 15) is 8.42 Å². The highest BCUT2D eigenvalue weighted by atomic mass is 35.5. The van der Waals surface area contributed by atoms with E-state index in [2.05, 4.69) is 10.3 Å². The van der Waals surface area contributed by atoms with E-state index < -0.39 is 10.0 Å². The maximum Gasteiger partial charge on any atom is 0.260 e. The van der Waals surface area contributed by atoms with Gasteiger partial charge >= 0.3 is 0 Å². The summed E-state index contributed by atoms with van der Waals surface area (Å²) in [5, 5.41) is 3.57. The van der Waals surface area contributed by atoms with Crippen LogP contribution in [0.3, 0.4) is 0 Å². The molecule has 19 heavy (non-hydrogen) atoms. The molecule has 6 nitrogen and oxygen atoms in total. The Bertz CT molecular complexity index is 557. The average molecular weight is 307 g/mol. The molecule has 0 unspecified atom stereocenters. The van der Waals surface area contributed by atoms with Crippen molar-refractivity contribution in [1.82, 2.24) is 19.2 Å². The first kappa shape index (κ1) is 14.8. The molecule has 0 amide bonds. The normalized spacial score (nSPS) is 23.9. The van der Waals surface area contributed by atoms with Gasteiger partial charge in [0.15, 0.2) is 5.03 Å². The van der Waals surface area contributed by atoms with Gasteiger partial charge in [0, 0.05) is 38.6 Å². The number of sulfonamides is 1. The molecule has 3 rings (SSSR count). The van der Waals surface area contributed by atoms with Crippen molar-refractivity contribution in [2.24, 2.45) is 0 Å². The maximum absolute atomic E-state index is 12.7. The molecule has 8 heteroatoms. The van der Waals surface area contributed by atoms with Crippen LogP contribution in [0.15, 0.2) is 11.2 Å². The fraction of sp³-hybridized carbons (Fsp3) is 0.727. The molecule has 1 saturated heterocycles. The monoisotopic (exact) mass is 306 g/mol. The zero-order valence-electron chi connectivity index (χ0n) is 10.9. The Morgan fingerprint density at radius 2 is 2.21 bits per heavy atom. The molecular weight excluding hydrogens is 288 g/mol. The highest BCUT2D eigenvalue weighted by molar-refractivity contribution is 7.89. The van der Waals surface area contributed by atoms with Crippen LogP contribution in [0.1, 0.15) is 19.2 Å². The number of fused-ring (bicyclic) bond motifs is 1. The molecule has 1 aromatic rings. The van der Waals surface area contributed by atoms with Gasteiger partial charge < -0.3 is 9.88 Å². The highest BCUT2D eigenvalue weighted by Gasteiger charge is 2.34. The summed E-state index contributed by atoms with van der Waals surface area (Å²) in [5.41, 5.74) is 0. The van der Waals surface area contributed by atoms with Gasteiger partial charge in [0.05, 0.1) is 6.20 Å². The molecule has 0 aromatic carbocycles. The SMILES string of the molecule is C[C@H]1CNCCN1S(=O)(=O)c1cnc2n1CCC2.Cl. The lowest BCUT2D eigenvalue weighted by molar-refractivity contribution is 0.282. The smallest absolute Gasteiger partial charge is 0.260 e. The number of aryl methyl sites for hydroxylation is 1. The highest BCUT2D eigenvalue weighted by Crippen LogP contribution is 2.24. The van der Waals surface area contributed by atoms with Gasteiger partial charge in [-0.05, 0) is 13.3 Å². The van der Waals surface area contributed by atoms with E-state index in [0.29, 0.717) is 24.7 Å². The van der Waals surface area contributed by atoms with Crippen molar-refractivity contribution in [3.05, 3.63) is 12.0 Å². The van der Waals surface area contributed by atoms with Crippen LogP contribution >= 0.6 is 12.4 Å². The lowest BCUT2D eigenvalue weighted by atomic mass is 10.3. The molecule has 2 aliphatic heterocycles. The molecule has 0 spiro atoms. The lowest BCUT2D eigenvalue weighted by Crippen LogP contribution is -2.52. The number of nitrogens with one attached hydrogen (secondary N) is 1. The van der Waals surface area contributed by atoms with Crippen LogP contribution in [0.4, 0.5) is 0 Å². The predicted octanol–water partition coefficient (Wildman–Crippen LogP) is 0.233. The zero-order chi connectivity index (χ0) is 12.8. The minimum absolute atomic E-state index is 0. The number of hydrogen-bond acceptors (Lipinski definition) is 4. The molecular formula is C11H19ClN4O2S. The van der Waals surface area contributed by atoms with E-state index in [1.54, 1.807) is 4.31 Å². The molecule has 1 aromatic heterocycles. The summed E-state index contributed by atoms with van der Waals surface area (Å²) < 4.78 is 28.8. The molecule has 1 N–H and O–H groups in total. The van der Waals surface area contributed by atoms with Crippen molar-refractivity contribution in [2.75, 3.05) is 19.6 Å². The summed E-state index contributed by atoms with van der Waals surface area (Å²) in [6.07, 6.45) is 3.38. The van der Waals surface area contributed by atoms with Crippen LogP contribution in [0.25, 0.3) is 0 Å². The van der Waals surface area contributed by atoms with E-state index in [0.717, 1.165) is 25.2 Å². The standard InChI is InChI=1S/C11H18N4O2S.ClH/c1-9-7-12-4-6-15(9)18(16,17)11-8-13-10-3-2-5-14(10)11;/h8-9,12H,2-7H2,1H3;1H/t9-;/m0./s1. The van der Waals surface area contributed by atoms with Crippen LogP contribution in [0.5, 0.6) is 0 Å². The summed E-state index contributed by atoms with van der Waals surface area (Å²) >= 11 is 0. The fourth-order valence-corrected chi connectivity index (χ4v) is 4.52. The van der Waals surface area contributed by atoms with E-state index in [4.69, 9.17) is 0 Å². The van der Waals surface area contributed by atoms with Crippen molar-refractivity contribution in [3.63, 3.8) is 0 Å². The van der Waals surface area contributed by atoms with Gasteiger partial charge in [-0.2, -0.15) is 4.31 Å². The minimum Gasteiger partial charge on any atom is -0.318 e. The molecule has 0 saturated carbocycles. The van der Waals surface area contributed by atoms with Crippen molar-refractivity contribution < 1.29 is 8.42 Å². The molecule has 0 aliphatic carbocycles. The number of rotatable bonds is 2. The van der Waals surface area contributed by atoms with Gasteiger partial charge in [-0.3, -0.25) is 0 Å². The third-order valence-electron chi connectivity index (χ3n) is 3.70. The van der Waals surface area contributed by atoms with Gasteiger partial charge in [-0.1, -0.05) is 0 Å². The molecule has 0 bridgehead atoms. The van der Waals surface area contributed by atoms with Crippen LogP contribution in [-0.4, -0.2) is 48.0 Å². The third kappa shape index (κ3) is 2.40. The Balaban J connectivity index is 0.00000133. The van der Waals surface area contributed by atoms with Gasteiger partial charge in [0.1, 0.15) is 5.82 Å². The Hall–Kier alpha value is -0.630. The van der Waals surface area contributed by atoms with Crippen LogP contribution in [0, 0.1) is 0 Å². The molecule has 0 radical (unpaired) electrons. The second kappa shape index (κ2) is 5.40. The topological polar surface area (TPSA) is 67.2 Å². The Morgan fingerprint density at radius 3 is 2.95 bits per heavy atom. The molecule has 1 fully saturated rings. The summed E-state index contributed by atoms with van der Waals surface area (Å²) in [5.74, 6) is 0.899. The van der Waals surface area contributed by atoms with Crippen molar-refractivity contribution in [1.29, 1.82) is 0 Å². The zero-order valence-corrected chi connectivity index (χ0v) is 12.5. The first-order valence-electron chi connectivity index (χ1n) is 6.37. The van der Waals surface area contributed by atoms with Gasteiger partial charge in [0.25, 0.3) is 10.0 Å². The van der Waals surface area contributed by atoms with Crippen molar-refractivity contribution in [2.45, 2.75) is 37.4 Å². The number of imidazole rings is 1. The minimum atomic E-state index is -3.40. The average Bonchev–Trinajstić information content (AvgIpc) is 2.90. The summed E-state index contributed by atoms with van der Waals surface area (Å²) in [6.45, 7) is 4.66. The molecule has 108 valence electrons. The number of aromatic nitrogens is 2. The fourth-order valence-electron chi connectivity index (χ4n) is 2.74. The van der Waals surface area contributed by atoms with Crippen LogP contribution in [-0.2, 0) is 23.0 Å². The van der Waals surface area contributed by atoms with Gasteiger partial charge in [-0.15, -0.1) is 12.4 Å². The Kier molecular flexibility index (Phi) is 4.20. The largest absolute Gasteiger partial charge is 0.318 e. The first-order chi connectivity index (χ1) is 8.60. The molecule has 1 atom stereocenters. The van der Waals surface area contributed by atoms with E-state index in [1.165, 1.54) is 6.20 Å². The molecule has 3 heterocycles. The van der Waals surface area contributed by atoms with Gasteiger partial charge in [0.2, 0.25) is 0 Å². The summed E-state index contributed by atoms with van der Waals surface area (Å²) in [7, 11) is -3.40.